The van der Waals surface area contributed by atoms with E-state index in [-0.39, 0.29) is 5.69 Å². The summed E-state index contributed by atoms with van der Waals surface area (Å²) in [6, 6.07) is 0. The molecule has 0 unspecified atom stereocenters. The molecule has 0 aliphatic carbocycles. The zero-order chi connectivity index (χ0) is 9.26. The van der Waals surface area contributed by atoms with Gasteiger partial charge in [0.15, 0.2) is 0 Å². The summed E-state index contributed by atoms with van der Waals surface area (Å²) in [5.41, 5.74) is 2.99. The number of fused-ring (bicyclic) bond motifs is 1. The minimum Gasteiger partial charge on any atom is -0.311 e. The van der Waals surface area contributed by atoms with Crippen LogP contribution in [0.2, 0.25) is 0 Å². The number of hydrogen-bond donors (Lipinski definition) is 2. The fourth-order valence-electron chi connectivity index (χ4n) is 1.76. The zero-order valence-corrected chi connectivity index (χ0v) is 7.68. The van der Waals surface area contributed by atoms with E-state index in [1.54, 1.807) is 0 Å². The molecule has 0 fully saturated rings. The molecule has 13 heavy (non-hydrogen) atoms. The van der Waals surface area contributed by atoms with E-state index in [0.717, 1.165) is 37.3 Å². The van der Waals surface area contributed by atoms with E-state index in [0.29, 0.717) is 0 Å². The topological polar surface area (TPSA) is 57.8 Å². The van der Waals surface area contributed by atoms with E-state index < -0.39 is 0 Å². The van der Waals surface area contributed by atoms with Crippen molar-refractivity contribution in [2.45, 2.75) is 26.3 Å². The first kappa shape index (κ1) is 8.44. The zero-order valence-electron chi connectivity index (χ0n) is 7.68. The van der Waals surface area contributed by atoms with Crippen molar-refractivity contribution in [3.63, 3.8) is 0 Å². The smallest absolute Gasteiger partial charge is 0.311 e. The summed E-state index contributed by atoms with van der Waals surface area (Å²) in [4.78, 5) is 17.9. The number of nitrogens with zero attached hydrogens (tertiary/aromatic N) is 1. The summed E-state index contributed by atoms with van der Waals surface area (Å²) in [6.07, 6.45) is 1.81. The van der Waals surface area contributed by atoms with Crippen molar-refractivity contribution in [3.05, 3.63) is 27.4 Å². The summed E-state index contributed by atoms with van der Waals surface area (Å²) in [5, 5.41) is 3.22. The highest BCUT2D eigenvalue weighted by atomic mass is 16.1. The number of aryl methyl sites for hydroxylation is 1. The number of H-pyrrole nitrogens is 1. The molecule has 0 spiro atoms. The van der Waals surface area contributed by atoms with Gasteiger partial charge in [-0.1, -0.05) is 6.92 Å². The molecular weight excluding hydrogens is 166 g/mol. The van der Waals surface area contributed by atoms with Crippen molar-refractivity contribution in [2.75, 3.05) is 6.54 Å². The average Bonchev–Trinajstić information content (AvgIpc) is 2.16. The van der Waals surface area contributed by atoms with Gasteiger partial charge < -0.3 is 10.3 Å². The van der Waals surface area contributed by atoms with Crippen molar-refractivity contribution < 1.29 is 0 Å². The van der Waals surface area contributed by atoms with Crippen LogP contribution in [0.25, 0.3) is 0 Å². The third kappa shape index (κ3) is 1.49. The third-order valence-corrected chi connectivity index (χ3v) is 2.40. The van der Waals surface area contributed by atoms with Crippen LogP contribution in [0.15, 0.2) is 4.79 Å². The van der Waals surface area contributed by atoms with Gasteiger partial charge >= 0.3 is 5.69 Å². The van der Waals surface area contributed by atoms with Crippen LogP contribution < -0.4 is 11.0 Å². The molecule has 4 nitrogen and oxygen atoms in total. The van der Waals surface area contributed by atoms with Crippen molar-refractivity contribution in [1.82, 2.24) is 15.3 Å². The van der Waals surface area contributed by atoms with Crippen molar-refractivity contribution in [3.8, 4) is 0 Å². The van der Waals surface area contributed by atoms with Crippen LogP contribution in [-0.2, 0) is 19.4 Å². The first-order chi connectivity index (χ1) is 6.31. The second kappa shape index (κ2) is 3.30. The molecule has 2 N–H and O–H groups in total. The standard InChI is InChI=1S/C9H13N3O/c1-2-7-6-3-4-10-5-8(6)12-9(13)11-7/h10H,2-5H2,1H3,(H,11,12,13). The first-order valence-corrected chi connectivity index (χ1v) is 4.63. The van der Waals surface area contributed by atoms with Crippen LogP contribution in [0.1, 0.15) is 23.9 Å². The van der Waals surface area contributed by atoms with E-state index >= 15 is 0 Å². The Balaban J connectivity index is 2.57. The molecule has 2 rings (SSSR count). The molecule has 2 heterocycles. The largest absolute Gasteiger partial charge is 0.345 e. The fraction of sp³-hybridized carbons (Fsp3) is 0.556. The van der Waals surface area contributed by atoms with E-state index in [2.05, 4.69) is 15.3 Å². The molecule has 0 saturated carbocycles. The van der Waals surface area contributed by atoms with E-state index in [9.17, 15) is 4.79 Å². The highest BCUT2D eigenvalue weighted by Gasteiger charge is 2.13. The Hall–Kier alpha value is -1.16. The molecule has 0 atom stereocenters. The molecule has 1 aromatic rings. The Kier molecular flexibility index (Phi) is 2.14. The Morgan fingerprint density at radius 3 is 3.15 bits per heavy atom. The van der Waals surface area contributed by atoms with Gasteiger partial charge in [-0.05, 0) is 24.9 Å². The van der Waals surface area contributed by atoms with Crippen LogP contribution in [0.4, 0.5) is 0 Å². The Bertz CT molecular complexity index is 349. The molecule has 0 bridgehead atoms. The van der Waals surface area contributed by atoms with Crippen LogP contribution in [-0.4, -0.2) is 16.5 Å². The maximum Gasteiger partial charge on any atom is 0.345 e. The van der Waals surface area contributed by atoms with Crippen LogP contribution in [0.3, 0.4) is 0 Å². The minimum absolute atomic E-state index is 0.223. The van der Waals surface area contributed by atoms with Gasteiger partial charge in [-0.15, -0.1) is 0 Å². The molecule has 1 aliphatic heterocycles. The van der Waals surface area contributed by atoms with Gasteiger partial charge in [0, 0.05) is 12.2 Å². The second-order valence-electron chi connectivity index (χ2n) is 3.23. The lowest BCUT2D eigenvalue weighted by atomic mass is 10.0. The lowest BCUT2D eigenvalue weighted by Crippen LogP contribution is -2.30. The molecule has 1 aliphatic rings. The summed E-state index contributed by atoms with van der Waals surface area (Å²) in [5.74, 6) is 0. The number of hydrogen-bond acceptors (Lipinski definition) is 3. The van der Waals surface area contributed by atoms with Crippen LogP contribution >= 0.6 is 0 Å². The molecule has 0 saturated heterocycles. The number of rotatable bonds is 1. The molecule has 0 radical (unpaired) electrons. The van der Waals surface area contributed by atoms with Crippen LogP contribution in [0, 0.1) is 0 Å². The molecule has 1 aromatic heterocycles. The Morgan fingerprint density at radius 1 is 1.54 bits per heavy atom. The monoisotopic (exact) mass is 179 g/mol. The third-order valence-electron chi connectivity index (χ3n) is 2.40. The lowest BCUT2D eigenvalue weighted by Gasteiger charge is -2.18. The maximum absolute atomic E-state index is 11.1. The van der Waals surface area contributed by atoms with Gasteiger partial charge in [0.2, 0.25) is 0 Å². The van der Waals surface area contributed by atoms with Gasteiger partial charge in [0.05, 0.1) is 5.69 Å². The summed E-state index contributed by atoms with van der Waals surface area (Å²) in [6.45, 7) is 3.78. The molecular formula is C9H13N3O. The predicted octanol–water partition coefficient (Wildman–Crippen LogP) is -0.0220. The highest BCUT2D eigenvalue weighted by Crippen LogP contribution is 2.12. The fourth-order valence-corrected chi connectivity index (χ4v) is 1.76. The number of aromatic nitrogens is 2. The van der Waals surface area contributed by atoms with Crippen molar-refractivity contribution in [1.29, 1.82) is 0 Å². The predicted molar refractivity (Wildman–Crippen MR) is 49.6 cm³/mol. The summed E-state index contributed by atoms with van der Waals surface area (Å²) < 4.78 is 0. The van der Waals surface area contributed by atoms with Crippen LogP contribution in [0.5, 0.6) is 0 Å². The summed E-state index contributed by atoms with van der Waals surface area (Å²) in [7, 11) is 0. The van der Waals surface area contributed by atoms with Gasteiger partial charge in [0.1, 0.15) is 0 Å². The van der Waals surface area contributed by atoms with Gasteiger partial charge in [-0.2, -0.15) is 4.98 Å². The lowest BCUT2D eigenvalue weighted by molar-refractivity contribution is 0.611. The quantitative estimate of drug-likeness (QED) is 0.637. The molecule has 4 heteroatoms. The second-order valence-corrected chi connectivity index (χ2v) is 3.23. The molecule has 70 valence electrons. The van der Waals surface area contributed by atoms with E-state index in [1.165, 1.54) is 5.56 Å². The number of aromatic amines is 1. The number of nitrogens with one attached hydrogen (secondary N) is 2. The first-order valence-electron chi connectivity index (χ1n) is 4.63. The Morgan fingerprint density at radius 2 is 2.38 bits per heavy atom. The van der Waals surface area contributed by atoms with Crippen molar-refractivity contribution >= 4 is 0 Å². The van der Waals surface area contributed by atoms with Gasteiger partial charge in [0.25, 0.3) is 0 Å². The molecule has 0 aromatic carbocycles. The van der Waals surface area contributed by atoms with E-state index in [1.807, 2.05) is 6.92 Å². The highest BCUT2D eigenvalue weighted by molar-refractivity contribution is 5.26. The molecule has 0 amide bonds. The maximum atomic E-state index is 11.1. The average molecular weight is 179 g/mol. The normalized spacial score (nSPS) is 15.5. The minimum atomic E-state index is -0.223. The van der Waals surface area contributed by atoms with Crippen molar-refractivity contribution in [2.24, 2.45) is 0 Å². The van der Waals surface area contributed by atoms with Gasteiger partial charge in [-0.3, -0.25) is 0 Å². The SMILES string of the molecule is CCc1nc(=O)[nH]c2c1CCNC2. The van der Waals surface area contributed by atoms with Gasteiger partial charge in [-0.25, -0.2) is 4.79 Å². The Labute approximate surface area is 76.4 Å². The summed E-state index contributed by atoms with van der Waals surface area (Å²) >= 11 is 0. The van der Waals surface area contributed by atoms with E-state index in [4.69, 9.17) is 0 Å².